The normalized spacial score (nSPS) is 57.2. The Bertz CT molecular complexity index is 187. The summed E-state index contributed by atoms with van der Waals surface area (Å²) in [4.78, 5) is 0. The molecule has 0 spiro atoms. The van der Waals surface area contributed by atoms with Crippen LogP contribution in [0.1, 0.15) is 38.5 Å². The molecule has 5 unspecified atom stereocenters. The van der Waals surface area contributed by atoms with Crippen molar-refractivity contribution in [2.24, 2.45) is 23.7 Å². The zero-order valence-electron chi connectivity index (χ0n) is 7.84. The molecule has 3 fully saturated rings. The first-order valence-corrected chi connectivity index (χ1v) is 5.69. The topological polar surface area (TPSA) is 27.6 Å². The van der Waals surface area contributed by atoms with Crippen molar-refractivity contribution in [1.29, 1.82) is 0 Å². The van der Waals surface area contributed by atoms with Crippen LogP contribution in [0.2, 0.25) is 0 Å². The highest BCUT2D eigenvalue weighted by Gasteiger charge is 2.53. The quantitative estimate of drug-likeness (QED) is 0.564. The summed E-state index contributed by atoms with van der Waals surface area (Å²) in [6, 6.07) is 0.828. The van der Waals surface area contributed by atoms with E-state index in [4.69, 9.17) is 0 Å². The lowest BCUT2D eigenvalue weighted by molar-refractivity contribution is -0.435. The van der Waals surface area contributed by atoms with E-state index in [9.17, 15) is 0 Å². The molecule has 0 aromatic carbocycles. The van der Waals surface area contributed by atoms with Crippen molar-refractivity contribution in [3.63, 3.8) is 0 Å². The average molecular weight is 166 g/mol. The first kappa shape index (κ1) is 7.37. The summed E-state index contributed by atoms with van der Waals surface area (Å²) in [6.45, 7) is 0. The molecule has 0 saturated heterocycles. The van der Waals surface area contributed by atoms with E-state index < -0.39 is 0 Å². The van der Waals surface area contributed by atoms with Gasteiger partial charge in [-0.3, -0.25) is 0 Å². The first-order chi connectivity index (χ1) is 5.86. The molecule has 12 heavy (non-hydrogen) atoms. The molecule has 68 valence electrons. The third kappa shape index (κ3) is 0.834. The fourth-order valence-corrected chi connectivity index (χ4v) is 4.38. The Hall–Kier alpha value is -0.0400. The van der Waals surface area contributed by atoms with E-state index in [0.29, 0.717) is 0 Å². The van der Waals surface area contributed by atoms with Crippen molar-refractivity contribution in [2.45, 2.75) is 44.6 Å². The van der Waals surface area contributed by atoms with Gasteiger partial charge < -0.3 is 5.73 Å². The van der Waals surface area contributed by atoms with Crippen LogP contribution in [0.25, 0.3) is 0 Å². The maximum Gasteiger partial charge on any atom is 0.0877 e. The van der Waals surface area contributed by atoms with Gasteiger partial charge in [0.2, 0.25) is 0 Å². The monoisotopic (exact) mass is 166 g/mol. The maximum absolute atomic E-state index is 4.31. The van der Waals surface area contributed by atoms with Crippen molar-refractivity contribution < 1.29 is 5.73 Å². The average Bonchev–Trinajstić information content (AvgIpc) is 2.62. The van der Waals surface area contributed by atoms with E-state index in [0.717, 1.165) is 29.7 Å². The molecule has 1 heteroatoms. The van der Waals surface area contributed by atoms with Gasteiger partial charge in [0.05, 0.1) is 6.04 Å². The van der Waals surface area contributed by atoms with Crippen molar-refractivity contribution in [3.8, 4) is 0 Å². The third-order valence-corrected chi connectivity index (χ3v) is 4.82. The molecule has 3 saturated carbocycles. The van der Waals surface area contributed by atoms with E-state index in [-0.39, 0.29) is 0 Å². The van der Waals surface area contributed by atoms with Crippen LogP contribution in [0.4, 0.5) is 0 Å². The minimum atomic E-state index is 0.828. The van der Waals surface area contributed by atoms with Crippen LogP contribution in [-0.4, -0.2) is 6.04 Å². The fraction of sp³-hybridized carbons (Fsp3) is 1.00. The second-order valence-corrected chi connectivity index (χ2v) is 5.27. The molecule has 0 aromatic heterocycles. The molecule has 3 aliphatic rings. The van der Waals surface area contributed by atoms with Gasteiger partial charge in [0.15, 0.2) is 0 Å². The molecule has 0 amide bonds. The molecule has 3 rings (SSSR count). The molecule has 0 radical (unpaired) electrons. The zero-order chi connectivity index (χ0) is 8.13. The van der Waals surface area contributed by atoms with Gasteiger partial charge in [0.1, 0.15) is 0 Å². The van der Waals surface area contributed by atoms with Gasteiger partial charge in [-0.15, -0.1) is 0 Å². The van der Waals surface area contributed by atoms with Gasteiger partial charge >= 0.3 is 0 Å². The summed E-state index contributed by atoms with van der Waals surface area (Å²) in [7, 11) is 0. The van der Waals surface area contributed by atoms with Crippen LogP contribution in [-0.2, 0) is 0 Å². The number of quaternary nitrogens is 1. The summed E-state index contributed by atoms with van der Waals surface area (Å²) < 4.78 is 0. The Balaban J connectivity index is 1.84. The van der Waals surface area contributed by atoms with E-state index in [1.807, 2.05) is 0 Å². The van der Waals surface area contributed by atoms with Gasteiger partial charge in [-0.05, 0) is 37.0 Å². The Morgan fingerprint density at radius 2 is 1.58 bits per heavy atom. The van der Waals surface area contributed by atoms with Gasteiger partial charge in [-0.25, -0.2) is 0 Å². The van der Waals surface area contributed by atoms with Crippen LogP contribution < -0.4 is 5.73 Å². The van der Waals surface area contributed by atoms with Crippen LogP contribution in [0, 0.1) is 23.7 Å². The third-order valence-electron chi connectivity index (χ3n) is 4.82. The van der Waals surface area contributed by atoms with E-state index in [2.05, 4.69) is 5.73 Å². The van der Waals surface area contributed by atoms with Gasteiger partial charge in [-0.1, -0.05) is 12.8 Å². The van der Waals surface area contributed by atoms with Gasteiger partial charge in [0, 0.05) is 12.3 Å². The second kappa shape index (κ2) is 2.47. The number of hydrogen-bond acceptors (Lipinski definition) is 0. The van der Waals surface area contributed by atoms with Crippen molar-refractivity contribution in [3.05, 3.63) is 0 Å². The van der Waals surface area contributed by atoms with Gasteiger partial charge in [0.25, 0.3) is 0 Å². The first-order valence-electron chi connectivity index (χ1n) is 5.69. The molecule has 1 nitrogen and oxygen atoms in total. The second-order valence-electron chi connectivity index (χ2n) is 5.27. The van der Waals surface area contributed by atoms with Gasteiger partial charge in [-0.2, -0.15) is 0 Å². The summed E-state index contributed by atoms with van der Waals surface area (Å²) in [5.74, 6) is 4.39. The molecule has 3 aliphatic carbocycles. The molecular formula is C11H20N+. The van der Waals surface area contributed by atoms with Crippen molar-refractivity contribution in [1.82, 2.24) is 0 Å². The smallest absolute Gasteiger partial charge is 0.0877 e. The number of hydrogen-bond donors (Lipinski definition) is 1. The molecule has 2 bridgehead atoms. The van der Waals surface area contributed by atoms with Crippen LogP contribution in [0.3, 0.4) is 0 Å². The van der Waals surface area contributed by atoms with Crippen molar-refractivity contribution >= 4 is 0 Å². The highest BCUT2D eigenvalue weighted by Crippen LogP contribution is 2.56. The Morgan fingerprint density at radius 3 is 2.42 bits per heavy atom. The Kier molecular flexibility index (Phi) is 1.52. The van der Waals surface area contributed by atoms with Crippen molar-refractivity contribution in [2.75, 3.05) is 0 Å². The molecule has 0 heterocycles. The predicted octanol–water partition coefficient (Wildman–Crippen LogP) is 1.44. The summed E-state index contributed by atoms with van der Waals surface area (Å²) in [6.07, 6.45) is 9.13. The standard InChI is InChI=1S/C11H19N/c12-11-6-7-5-10(11)9-4-2-1-3-8(7)9/h7-11H,1-6,12H2/p+1. The molecule has 0 aliphatic heterocycles. The predicted molar refractivity (Wildman–Crippen MR) is 48.3 cm³/mol. The number of rotatable bonds is 0. The van der Waals surface area contributed by atoms with E-state index in [1.165, 1.54) is 25.7 Å². The lowest BCUT2D eigenvalue weighted by Gasteiger charge is -2.36. The number of fused-ring (bicyclic) bond motifs is 5. The minimum absolute atomic E-state index is 0.828. The lowest BCUT2D eigenvalue weighted by Crippen LogP contribution is -2.65. The highest BCUT2D eigenvalue weighted by molar-refractivity contribution is 5.01. The molecular weight excluding hydrogens is 146 g/mol. The highest BCUT2D eigenvalue weighted by atomic mass is 14.7. The zero-order valence-corrected chi connectivity index (χ0v) is 7.84. The molecule has 0 aromatic rings. The maximum atomic E-state index is 4.31. The molecule has 5 atom stereocenters. The summed E-state index contributed by atoms with van der Waals surface area (Å²) in [5.41, 5.74) is 4.31. The lowest BCUT2D eigenvalue weighted by atomic mass is 9.70. The fourth-order valence-electron chi connectivity index (χ4n) is 4.38. The molecule has 3 N–H and O–H groups in total. The minimum Gasteiger partial charge on any atom is -0.355 e. The largest absolute Gasteiger partial charge is 0.355 e. The van der Waals surface area contributed by atoms with E-state index >= 15 is 0 Å². The SMILES string of the molecule is [NH3+]C1CC2CC1C1CCCCC21. The summed E-state index contributed by atoms with van der Waals surface area (Å²) in [5, 5.41) is 0. The summed E-state index contributed by atoms with van der Waals surface area (Å²) >= 11 is 0. The Labute approximate surface area is 74.7 Å². The van der Waals surface area contributed by atoms with Crippen LogP contribution >= 0.6 is 0 Å². The van der Waals surface area contributed by atoms with E-state index in [1.54, 1.807) is 12.8 Å². The van der Waals surface area contributed by atoms with Crippen LogP contribution in [0.5, 0.6) is 0 Å². The van der Waals surface area contributed by atoms with Crippen LogP contribution in [0.15, 0.2) is 0 Å². The Morgan fingerprint density at radius 1 is 0.833 bits per heavy atom.